The van der Waals surface area contributed by atoms with Crippen molar-refractivity contribution in [3.05, 3.63) is 0 Å². The predicted molar refractivity (Wildman–Crippen MR) is 59.3 cm³/mol. The lowest BCUT2D eigenvalue weighted by Crippen LogP contribution is -2.29. The van der Waals surface area contributed by atoms with Crippen LogP contribution in [0.2, 0.25) is 0 Å². The van der Waals surface area contributed by atoms with E-state index in [2.05, 4.69) is 0 Å². The highest BCUT2D eigenvalue weighted by molar-refractivity contribution is 8.00. The van der Waals surface area contributed by atoms with Crippen LogP contribution in [0.1, 0.15) is 13.3 Å². The standard InChI is InChI=1S/C9H17NO4S/c1-6(10(2)3)5-15-7(9(13)14)4-8(11)12/h6-7H,4-5H2,1-3H3,(H,11,12)(H,13,14)/t6-,7?/m0/s1. The number of carboxylic acids is 2. The quantitative estimate of drug-likeness (QED) is 0.672. The number of hydrogen-bond acceptors (Lipinski definition) is 4. The van der Waals surface area contributed by atoms with Gasteiger partial charge in [0.2, 0.25) is 0 Å². The first-order valence-corrected chi connectivity index (χ1v) is 5.62. The molecule has 0 amide bonds. The molecule has 0 saturated carbocycles. The Kier molecular flexibility index (Phi) is 6.35. The fraction of sp³-hybridized carbons (Fsp3) is 0.778. The number of thioether (sulfide) groups is 1. The van der Waals surface area contributed by atoms with Crippen molar-refractivity contribution in [1.29, 1.82) is 0 Å². The summed E-state index contributed by atoms with van der Waals surface area (Å²) in [6.07, 6.45) is -0.333. The third kappa shape index (κ3) is 6.35. The lowest BCUT2D eigenvalue weighted by molar-refractivity contribution is -0.142. The average molecular weight is 235 g/mol. The lowest BCUT2D eigenvalue weighted by atomic mass is 10.3. The van der Waals surface area contributed by atoms with Crippen molar-refractivity contribution in [1.82, 2.24) is 4.90 Å². The summed E-state index contributed by atoms with van der Waals surface area (Å²) in [5, 5.41) is 16.4. The molecule has 0 radical (unpaired) electrons. The van der Waals surface area contributed by atoms with Gasteiger partial charge >= 0.3 is 11.9 Å². The van der Waals surface area contributed by atoms with Crippen molar-refractivity contribution < 1.29 is 19.8 Å². The second kappa shape index (κ2) is 6.68. The van der Waals surface area contributed by atoms with Crippen molar-refractivity contribution in [3.63, 3.8) is 0 Å². The molecule has 2 atom stereocenters. The van der Waals surface area contributed by atoms with E-state index >= 15 is 0 Å². The monoisotopic (exact) mass is 235 g/mol. The summed E-state index contributed by atoms with van der Waals surface area (Å²) in [4.78, 5) is 23.1. The topological polar surface area (TPSA) is 77.8 Å². The first-order valence-electron chi connectivity index (χ1n) is 4.57. The van der Waals surface area contributed by atoms with E-state index in [9.17, 15) is 9.59 Å². The Morgan fingerprint density at radius 2 is 1.87 bits per heavy atom. The van der Waals surface area contributed by atoms with Crippen LogP contribution in [-0.4, -0.2) is 58.2 Å². The second-order valence-electron chi connectivity index (χ2n) is 3.57. The Morgan fingerprint density at radius 1 is 1.33 bits per heavy atom. The minimum Gasteiger partial charge on any atom is -0.481 e. The van der Waals surface area contributed by atoms with Gasteiger partial charge in [-0.25, -0.2) is 0 Å². The van der Waals surface area contributed by atoms with Crippen molar-refractivity contribution in [2.24, 2.45) is 0 Å². The van der Waals surface area contributed by atoms with Crippen LogP contribution < -0.4 is 0 Å². The van der Waals surface area contributed by atoms with Gasteiger partial charge < -0.3 is 15.1 Å². The van der Waals surface area contributed by atoms with E-state index in [1.165, 1.54) is 11.8 Å². The maximum absolute atomic E-state index is 10.7. The molecule has 2 N–H and O–H groups in total. The van der Waals surface area contributed by atoms with Crippen LogP contribution in [-0.2, 0) is 9.59 Å². The molecule has 88 valence electrons. The molecule has 0 aliphatic heterocycles. The summed E-state index contributed by atoms with van der Waals surface area (Å²) in [6.45, 7) is 1.96. The molecular weight excluding hydrogens is 218 g/mol. The van der Waals surface area contributed by atoms with Crippen molar-refractivity contribution >= 4 is 23.7 Å². The number of rotatable bonds is 7. The minimum absolute atomic E-state index is 0.227. The summed E-state index contributed by atoms with van der Waals surface area (Å²) in [5.74, 6) is -1.53. The van der Waals surface area contributed by atoms with Crippen LogP contribution in [0.3, 0.4) is 0 Å². The largest absolute Gasteiger partial charge is 0.481 e. The molecule has 6 heteroatoms. The van der Waals surface area contributed by atoms with E-state index in [4.69, 9.17) is 10.2 Å². The fourth-order valence-corrected chi connectivity index (χ4v) is 1.99. The lowest BCUT2D eigenvalue weighted by Gasteiger charge is -2.20. The second-order valence-corrected chi connectivity index (χ2v) is 4.81. The summed E-state index contributed by atoms with van der Waals surface area (Å²) >= 11 is 1.17. The highest BCUT2D eigenvalue weighted by atomic mass is 32.2. The number of carboxylic acid groups (broad SMARTS) is 2. The Bertz CT molecular complexity index is 232. The van der Waals surface area contributed by atoms with Gasteiger partial charge in [-0.1, -0.05) is 0 Å². The summed E-state index contributed by atoms with van der Waals surface area (Å²) in [5.41, 5.74) is 0. The van der Waals surface area contributed by atoms with Crippen LogP contribution >= 0.6 is 11.8 Å². The molecule has 0 aromatic rings. The molecule has 0 aromatic carbocycles. The maximum Gasteiger partial charge on any atom is 0.317 e. The van der Waals surface area contributed by atoms with E-state index in [-0.39, 0.29) is 12.5 Å². The molecule has 15 heavy (non-hydrogen) atoms. The molecule has 0 spiro atoms. The Labute approximate surface area is 93.5 Å². The SMILES string of the molecule is C[C@@H](CSC(CC(=O)O)C(=O)O)N(C)C. The number of hydrogen-bond donors (Lipinski definition) is 2. The zero-order valence-corrected chi connectivity index (χ0v) is 9.95. The molecule has 0 aromatic heterocycles. The van der Waals surface area contributed by atoms with Gasteiger partial charge in [0.25, 0.3) is 0 Å². The summed E-state index contributed by atoms with van der Waals surface area (Å²) in [7, 11) is 3.80. The van der Waals surface area contributed by atoms with Gasteiger partial charge in [0, 0.05) is 11.8 Å². The Hall–Kier alpha value is -0.750. The van der Waals surface area contributed by atoms with Gasteiger partial charge in [0.1, 0.15) is 5.25 Å². The van der Waals surface area contributed by atoms with Gasteiger partial charge in [0.05, 0.1) is 6.42 Å². The highest BCUT2D eigenvalue weighted by Gasteiger charge is 2.22. The van der Waals surface area contributed by atoms with Crippen LogP contribution in [0.4, 0.5) is 0 Å². The van der Waals surface area contributed by atoms with Crippen molar-refractivity contribution in [3.8, 4) is 0 Å². The first-order chi connectivity index (χ1) is 6.84. The molecule has 0 aliphatic carbocycles. The smallest absolute Gasteiger partial charge is 0.317 e. The summed E-state index contributed by atoms with van der Waals surface area (Å²) in [6, 6.07) is 0.227. The van der Waals surface area contributed by atoms with Crippen LogP contribution in [0.5, 0.6) is 0 Å². The van der Waals surface area contributed by atoms with E-state index in [1.807, 2.05) is 25.9 Å². The van der Waals surface area contributed by atoms with Gasteiger partial charge in [-0.2, -0.15) is 0 Å². The van der Waals surface area contributed by atoms with Gasteiger partial charge in [-0.15, -0.1) is 11.8 Å². The molecule has 0 heterocycles. The van der Waals surface area contributed by atoms with Crippen LogP contribution in [0.25, 0.3) is 0 Å². The molecule has 0 bridgehead atoms. The van der Waals surface area contributed by atoms with Crippen molar-refractivity contribution in [2.75, 3.05) is 19.8 Å². The first kappa shape index (κ1) is 14.2. The maximum atomic E-state index is 10.7. The molecule has 0 saturated heterocycles. The summed E-state index contributed by atoms with van der Waals surface area (Å²) < 4.78 is 0. The van der Waals surface area contributed by atoms with E-state index < -0.39 is 17.2 Å². The van der Waals surface area contributed by atoms with Crippen molar-refractivity contribution in [2.45, 2.75) is 24.6 Å². The Morgan fingerprint density at radius 3 is 2.20 bits per heavy atom. The Balaban J connectivity index is 4.07. The van der Waals surface area contributed by atoms with Gasteiger partial charge in [-0.05, 0) is 21.0 Å². The number of nitrogens with zero attached hydrogens (tertiary/aromatic N) is 1. The normalized spacial score (nSPS) is 14.9. The number of carbonyl (C=O) groups is 2. The van der Waals surface area contributed by atoms with E-state index in [1.54, 1.807) is 0 Å². The van der Waals surface area contributed by atoms with Gasteiger partial charge in [0.15, 0.2) is 0 Å². The van der Waals surface area contributed by atoms with Crippen LogP contribution in [0.15, 0.2) is 0 Å². The molecular formula is C9H17NO4S. The molecule has 0 aliphatic rings. The zero-order chi connectivity index (χ0) is 12.0. The van der Waals surface area contributed by atoms with Crippen LogP contribution in [0, 0.1) is 0 Å². The molecule has 0 rings (SSSR count). The highest BCUT2D eigenvalue weighted by Crippen LogP contribution is 2.17. The minimum atomic E-state index is -1.08. The number of aliphatic carboxylic acids is 2. The fourth-order valence-electron chi connectivity index (χ4n) is 0.781. The van der Waals surface area contributed by atoms with Gasteiger partial charge in [-0.3, -0.25) is 9.59 Å². The average Bonchev–Trinajstić information content (AvgIpc) is 2.10. The molecule has 0 fully saturated rings. The van der Waals surface area contributed by atoms with E-state index in [0.717, 1.165) is 0 Å². The van der Waals surface area contributed by atoms with E-state index in [0.29, 0.717) is 5.75 Å². The third-order valence-corrected chi connectivity index (χ3v) is 3.50. The zero-order valence-electron chi connectivity index (χ0n) is 9.14. The molecule has 5 nitrogen and oxygen atoms in total. The third-order valence-electron chi connectivity index (χ3n) is 2.06. The predicted octanol–water partition coefficient (Wildman–Crippen LogP) is 0.598. The molecule has 1 unspecified atom stereocenters.